The maximum atomic E-state index is 13.4. The number of allylic oxidation sites excluding steroid dienone is 1. The summed E-state index contributed by atoms with van der Waals surface area (Å²) in [5.41, 5.74) is 2.41. The summed E-state index contributed by atoms with van der Waals surface area (Å²) in [6, 6.07) is 12.1. The van der Waals surface area contributed by atoms with Crippen LogP contribution < -0.4 is 33.2 Å². The Morgan fingerprint density at radius 3 is 2.32 bits per heavy atom. The standard InChI is InChI=1S/C28H22O9/c1-31-20-12-22(33-3)21(32-2)9-15(20)10-24-27(30)16-5-7-19-26(28(16)37-24)17(11-25(29)36-19)14-4-6-18-23(8-14)35-13-34-18/h4-10,12,17H,11,13H2,1-3H3/b24-10+/t17-/m0/s1. The Morgan fingerprint density at radius 1 is 0.811 bits per heavy atom. The lowest BCUT2D eigenvalue weighted by molar-refractivity contribution is -0.135. The second-order valence-electron chi connectivity index (χ2n) is 8.59. The molecule has 9 nitrogen and oxygen atoms in total. The minimum Gasteiger partial charge on any atom is -0.496 e. The van der Waals surface area contributed by atoms with Crippen LogP contribution >= 0.6 is 0 Å². The van der Waals surface area contributed by atoms with Crippen molar-refractivity contribution in [3.05, 3.63) is 70.5 Å². The zero-order valence-electron chi connectivity index (χ0n) is 20.3. The Bertz CT molecular complexity index is 1490. The number of ketones is 1. The monoisotopic (exact) mass is 502 g/mol. The molecule has 3 aliphatic heterocycles. The van der Waals surface area contributed by atoms with Gasteiger partial charge in [-0.2, -0.15) is 0 Å². The number of benzene rings is 3. The van der Waals surface area contributed by atoms with Gasteiger partial charge in [-0.25, -0.2) is 0 Å². The molecule has 3 aromatic rings. The zero-order chi connectivity index (χ0) is 25.7. The van der Waals surface area contributed by atoms with E-state index in [0.717, 1.165) is 5.56 Å². The fraction of sp³-hybridized carbons (Fsp3) is 0.214. The maximum absolute atomic E-state index is 13.4. The SMILES string of the molecule is COc1cc(OC)c(OC)cc1/C=C1/Oc2c(ccc3c2[C@H](c2ccc4c(c2)OCO4)CC(=O)O3)C1=O. The van der Waals surface area contributed by atoms with Crippen molar-refractivity contribution in [3.8, 4) is 40.2 Å². The highest BCUT2D eigenvalue weighted by Crippen LogP contribution is 2.50. The molecule has 0 aliphatic carbocycles. The molecular weight excluding hydrogens is 480 g/mol. The molecule has 0 radical (unpaired) electrons. The Kier molecular flexibility index (Phi) is 5.40. The quantitative estimate of drug-likeness (QED) is 0.284. The predicted octanol–water partition coefficient (Wildman–Crippen LogP) is 4.50. The van der Waals surface area contributed by atoms with E-state index >= 15 is 0 Å². The molecule has 3 heterocycles. The van der Waals surface area contributed by atoms with Crippen LogP contribution in [-0.2, 0) is 4.79 Å². The van der Waals surface area contributed by atoms with E-state index in [1.165, 1.54) is 21.3 Å². The number of fused-ring (bicyclic) bond motifs is 4. The first-order valence-electron chi connectivity index (χ1n) is 11.5. The smallest absolute Gasteiger partial charge is 0.312 e. The second kappa shape index (κ2) is 8.77. The number of hydrogen-bond donors (Lipinski definition) is 0. The van der Waals surface area contributed by atoms with Gasteiger partial charge in [-0.05, 0) is 42.0 Å². The molecule has 1 atom stereocenters. The topological polar surface area (TPSA) is 98.8 Å². The van der Waals surface area contributed by atoms with Crippen LogP contribution in [0.3, 0.4) is 0 Å². The van der Waals surface area contributed by atoms with Gasteiger partial charge in [-0.15, -0.1) is 0 Å². The van der Waals surface area contributed by atoms with Crippen molar-refractivity contribution in [1.82, 2.24) is 0 Å². The molecule has 37 heavy (non-hydrogen) atoms. The largest absolute Gasteiger partial charge is 0.496 e. The number of Topliss-reactive ketones (excluding diaryl/α,β-unsaturated/α-hetero) is 1. The average Bonchev–Trinajstić information content (AvgIpc) is 3.51. The molecule has 0 amide bonds. The van der Waals surface area contributed by atoms with Crippen molar-refractivity contribution >= 4 is 17.8 Å². The number of carbonyl (C=O) groups excluding carboxylic acids is 2. The molecule has 3 aliphatic rings. The predicted molar refractivity (Wildman–Crippen MR) is 130 cm³/mol. The first-order valence-corrected chi connectivity index (χ1v) is 11.5. The molecule has 6 rings (SSSR count). The first-order chi connectivity index (χ1) is 18.0. The van der Waals surface area contributed by atoms with Crippen LogP contribution in [0.4, 0.5) is 0 Å². The Morgan fingerprint density at radius 2 is 1.54 bits per heavy atom. The lowest BCUT2D eigenvalue weighted by Crippen LogP contribution is -2.21. The fourth-order valence-electron chi connectivity index (χ4n) is 4.83. The van der Waals surface area contributed by atoms with Crippen molar-refractivity contribution in [2.45, 2.75) is 12.3 Å². The molecule has 9 heteroatoms. The third-order valence-corrected chi connectivity index (χ3v) is 6.60. The molecule has 0 bridgehead atoms. The average molecular weight is 502 g/mol. The Labute approximate surface area is 212 Å². The highest BCUT2D eigenvalue weighted by atomic mass is 16.7. The van der Waals surface area contributed by atoms with Crippen LogP contribution in [0.15, 0.2) is 48.2 Å². The van der Waals surface area contributed by atoms with Gasteiger partial charge < -0.3 is 33.2 Å². The molecule has 0 spiro atoms. The Hall–Kier alpha value is -4.66. The van der Waals surface area contributed by atoms with E-state index in [1.54, 1.807) is 36.4 Å². The van der Waals surface area contributed by atoms with E-state index in [0.29, 0.717) is 56.9 Å². The summed E-state index contributed by atoms with van der Waals surface area (Å²) in [6.07, 6.45) is 1.68. The van der Waals surface area contributed by atoms with Crippen molar-refractivity contribution in [1.29, 1.82) is 0 Å². The third kappa shape index (κ3) is 3.70. The number of hydrogen-bond acceptors (Lipinski definition) is 9. The van der Waals surface area contributed by atoms with Crippen LogP contribution in [0.5, 0.6) is 40.2 Å². The number of ether oxygens (including phenoxy) is 7. The minimum absolute atomic E-state index is 0.0865. The van der Waals surface area contributed by atoms with Crippen molar-refractivity contribution < 1.29 is 42.7 Å². The normalized spacial score (nSPS) is 18.1. The maximum Gasteiger partial charge on any atom is 0.312 e. The van der Waals surface area contributed by atoms with Gasteiger partial charge in [0.15, 0.2) is 28.8 Å². The van der Waals surface area contributed by atoms with Gasteiger partial charge >= 0.3 is 5.97 Å². The summed E-state index contributed by atoms with van der Waals surface area (Å²) in [7, 11) is 4.58. The zero-order valence-corrected chi connectivity index (χ0v) is 20.3. The van der Waals surface area contributed by atoms with E-state index in [1.807, 2.05) is 12.1 Å². The highest BCUT2D eigenvalue weighted by Gasteiger charge is 2.39. The van der Waals surface area contributed by atoms with E-state index in [-0.39, 0.29) is 30.7 Å². The van der Waals surface area contributed by atoms with E-state index in [9.17, 15) is 9.59 Å². The van der Waals surface area contributed by atoms with E-state index in [4.69, 9.17) is 33.2 Å². The van der Waals surface area contributed by atoms with Gasteiger partial charge in [-0.1, -0.05) is 6.07 Å². The van der Waals surface area contributed by atoms with Crippen molar-refractivity contribution in [2.24, 2.45) is 0 Å². The van der Waals surface area contributed by atoms with Gasteiger partial charge in [0.2, 0.25) is 12.6 Å². The lowest BCUT2D eigenvalue weighted by Gasteiger charge is -2.26. The number of rotatable bonds is 5. The van der Waals surface area contributed by atoms with Gasteiger partial charge in [0.25, 0.3) is 0 Å². The molecule has 0 saturated carbocycles. The molecular formula is C28H22O9. The highest BCUT2D eigenvalue weighted by molar-refractivity contribution is 6.15. The van der Waals surface area contributed by atoms with Gasteiger partial charge in [0.05, 0.1) is 33.3 Å². The summed E-state index contributed by atoms with van der Waals surface area (Å²) >= 11 is 0. The van der Waals surface area contributed by atoms with Crippen LogP contribution in [0.25, 0.3) is 6.08 Å². The first kappa shape index (κ1) is 22.8. The number of methoxy groups -OCH3 is 3. The summed E-state index contributed by atoms with van der Waals surface area (Å²) in [5, 5.41) is 0. The Balaban J connectivity index is 1.44. The fourth-order valence-corrected chi connectivity index (χ4v) is 4.83. The van der Waals surface area contributed by atoms with Gasteiger partial charge in [-0.3, -0.25) is 9.59 Å². The molecule has 0 saturated heterocycles. The molecule has 0 unspecified atom stereocenters. The van der Waals surface area contributed by atoms with Crippen LogP contribution in [0, 0.1) is 0 Å². The van der Waals surface area contributed by atoms with Gasteiger partial charge in [0, 0.05) is 23.1 Å². The number of esters is 1. The van der Waals surface area contributed by atoms with Crippen molar-refractivity contribution in [3.63, 3.8) is 0 Å². The van der Waals surface area contributed by atoms with E-state index < -0.39 is 5.92 Å². The third-order valence-electron chi connectivity index (χ3n) is 6.60. The molecule has 3 aromatic carbocycles. The summed E-state index contributed by atoms with van der Waals surface area (Å²) in [4.78, 5) is 25.9. The second-order valence-corrected chi connectivity index (χ2v) is 8.59. The summed E-state index contributed by atoms with van der Waals surface area (Å²) in [6.45, 7) is 0.142. The summed E-state index contributed by atoms with van der Waals surface area (Å²) in [5.74, 6) is 2.45. The summed E-state index contributed by atoms with van der Waals surface area (Å²) < 4.78 is 38.9. The van der Waals surface area contributed by atoms with Crippen LogP contribution in [0.2, 0.25) is 0 Å². The van der Waals surface area contributed by atoms with Gasteiger partial charge in [0.1, 0.15) is 17.2 Å². The van der Waals surface area contributed by atoms with E-state index in [2.05, 4.69) is 0 Å². The van der Waals surface area contributed by atoms with Crippen molar-refractivity contribution in [2.75, 3.05) is 28.1 Å². The molecule has 0 fully saturated rings. The molecule has 0 aromatic heterocycles. The minimum atomic E-state index is -0.400. The molecule has 188 valence electrons. The van der Waals surface area contributed by atoms with Crippen LogP contribution in [-0.4, -0.2) is 39.9 Å². The van der Waals surface area contributed by atoms with Crippen LogP contribution in [0.1, 0.15) is 39.4 Å². The molecule has 0 N–H and O–H groups in total. The number of carbonyl (C=O) groups is 2. The lowest BCUT2D eigenvalue weighted by atomic mass is 9.84.